The van der Waals surface area contributed by atoms with Crippen molar-refractivity contribution in [2.45, 2.75) is 0 Å². The fourth-order valence-electron chi connectivity index (χ4n) is 4.15. The number of hydrogen-bond acceptors (Lipinski definition) is 6. The number of aromatic amines is 2. The van der Waals surface area contributed by atoms with Crippen molar-refractivity contribution in [1.82, 2.24) is 30.1 Å². The number of hydrogen-bond donors (Lipinski definition) is 3. The van der Waals surface area contributed by atoms with Crippen LogP contribution in [0.15, 0.2) is 73.3 Å². The molecule has 11 heteroatoms. The third kappa shape index (κ3) is 4.05. The van der Waals surface area contributed by atoms with Crippen LogP contribution in [0.2, 0.25) is 0 Å². The minimum absolute atomic E-state index is 0.337. The Morgan fingerprint density at radius 3 is 2.58 bits per heavy atom. The molecule has 36 heavy (non-hydrogen) atoms. The highest BCUT2D eigenvalue weighted by atomic mass is 32.2. The topological polar surface area (TPSA) is 129 Å². The molecule has 4 heterocycles. The van der Waals surface area contributed by atoms with Crippen molar-refractivity contribution >= 4 is 37.6 Å². The number of benzene rings is 2. The summed E-state index contributed by atoms with van der Waals surface area (Å²) in [4.78, 5) is 16.5. The Morgan fingerprint density at radius 2 is 1.75 bits per heavy atom. The fourth-order valence-corrected chi connectivity index (χ4v) is 4.69. The molecule has 0 amide bonds. The van der Waals surface area contributed by atoms with E-state index in [1.54, 1.807) is 30.7 Å². The summed E-state index contributed by atoms with van der Waals surface area (Å²) in [7, 11) is -3.43. The van der Waals surface area contributed by atoms with Gasteiger partial charge in [-0.15, -0.1) is 0 Å². The largest absolute Gasteiger partial charge is 0.335 e. The van der Waals surface area contributed by atoms with Crippen LogP contribution < -0.4 is 4.72 Å². The van der Waals surface area contributed by atoms with Gasteiger partial charge in [-0.2, -0.15) is 5.10 Å². The fraction of sp³-hybridized carbons (Fsp3) is 0.0400. The second-order valence-corrected chi connectivity index (χ2v) is 10.1. The number of fused-ring (bicyclic) bond motifs is 2. The van der Waals surface area contributed by atoms with Crippen LogP contribution in [0.1, 0.15) is 0 Å². The van der Waals surface area contributed by atoms with E-state index in [1.165, 1.54) is 18.3 Å². The van der Waals surface area contributed by atoms with Gasteiger partial charge in [-0.25, -0.2) is 17.8 Å². The molecule has 6 aromatic rings. The van der Waals surface area contributed by atoms with E-state index < -0.39 is 10.0 Å². The molecule has 0 bridgehead atoms. The number of sulfonamides is 1. The zero-order valence-corrected chi connectivity index (χ0v) is 19.6. The summed E-state index contributed by atoms with van der Waals surface area (Å²) < 4.78 is 39.5. The van der Waals surface area contributed by atoms with Gasteiger partial charge in [-0.3, -0.25) is 19.8 Å². The van der Waals surface area contributed by atoms with Crippen LogP contribution >= 0.6 is 0 Å². The van der Waals surface area contributed by atoms with E-state index >= 15 is 0 Å². The first-order chi connectivity index (χ1) is 17.3. The normalized spacial score (nSPS) is 11.8. The first kappa shape index (κ1) is 21.9. The predicted octanol–water partition coefficient (Wildman–Crippen LogP) is 4.74. The number of imidazole rings is 1. The highest BCUT2D eigenvalue weighted by Gasteiger charge is 2.16. The molecule has 2 aromatic carbocycles. The molecule has 178 valence electrons. The standard InChI is InChI=1S/C25H18FN7O2S/c1-36(34,35)33-18-8-16(10-27-11-18)14-5-6-21-19(9-14)24(32-31-21)25-29-22-13-28-12-20(23(22)30-25)15-3-2-4-17(26)7-15/h2-13,33H,1H3,(H,29,30)(H,31,32). The molecule has 0 radical (unpaired) electrons. The maximum atomic E-state index is 13.8. The molecule has 9 nitrogen and oxygen atoms in total. The Morgan fingerprint density at radius 1 is 0.889 bits per heavy atom. The van der Waals surface area contributed by atoms with E-state index in [1.807, 2.05) is 24.3 Å². The molecular formula is C25H18FN7O2S. The Hall–Kier alpha value is -4.64. The molecule has 0 saturated heterocycles. The molecule has 0 atom stereocenters. The molecule has 0 aliphatic heterocycles. The first-order valence-electron chi connectivity index (χ1n) is 10.9. The summed E-state index contributed by atoms with van der Waals surface area (Å²) in [6, 6.07) is 13.7. The van der Waals surface area contributed by atoms with Crippen LogP contribution in [0, 0.1) is 5.82 Å². The molecule has 4 aromatic heterocycles. The summed E-state index contributed by atoms with van der Waals surface area (Å²) >= 11 is 0. The summed E-state index contributed by atoms with van der Waals surface area (Å²) in [5.74, 6) is 0.195. The van der Waals surface area contributed by atoms with E-state index in [4.69, 9.17) is 4.98 Å². The van der Waals surface area contributed by atoms with Gasteiger partial charge in [0.25, 0.3) is 0 Å². The second-order valence-electron chi connectivity index (χ2n) is 8.35. The molecule has 6 rings (SSSR count). The lowest BCUT2D eigenvalue weighted by atomic mass is 10.0. The zero-order chi connectivity index (χ0) is 24.9. The SMILES string of the molecule is CS(=O)(=O)Nc1cncc(-c2ccc3[nH]nc(-c4nc5c(-c6cccc(F)c6)cncc5[nH]4)c3c2)c1. The quantitative estimate of drug-likeness (QED) is 0.314. The molecule has 0 aliphatic carbocycles. The molecule has 0 saturated carbocycles. The molecular weight excluding hydrogens is 481 g/mol. The Bertz CT molecular complexity index is 1880. The smallest absolute Gasteiger partial charge is 0.229 e. The maximum absolute atomic E-state index is 13.8. The van der Waals surface area contributed by atoms with Gasteiger partial charge in [0.1, 0.15) is 11.5 Å². The van der Waals surface area contributed by atoms with E-state index in [2.05, 4.69) is 29.9 Å². The monoisotopic (exact) mass is 499 g/mol. The van der Waals surface area contributed by atoms with Gasteiger partial charge in [0.15, 0.2) is 5.82 Å². The van der Waals surface area contributed by atoms with Gasteiger partial charge in [0.2, 0.25) is 10.0 Å². The average molecular weight is 500 g/mol. The number of H-pyrrole nitrogens is 2. The lowest BCUT2D eigenvalue weighted by Gasteiger charge is -2.06. The van der Waals surface area contributed by atoms with Crippen molar-refractivity contribution in [3.05, 3.63) is 79.1 Å². The minimum atomic E-state index is -3.43. The minimum Gasteiger partial charge on any atom is -0.335 e. The van der Waals surface area contributed by atoms with Crippen molar-refractivity contribution in [2.75, 3.05) is 11.0 Å². The van der Waals surface area contributed by atoms with E-state index in [0.29, 0.717) is 39.4 Å². The highest BCUT2D eigenvalue weighted by Crippen LogP contribution is 2.33. The molecule has 0 aliphatic rings. The van der Waals surface area contributed by atoms with Crippen molar-refractivity contribution in [1.29, 1.82) is 0 Å². The average Bonchev–Trinajstić information content (AvgIpc) is 3.46. The van der Waals surface area contributed by atoms with Crippen LogP contribution in [0.5, 0.6) is 0 Å². The Labute approximate surface area is 204 Å². The lowest BCUT2D eigenvalue weighted by Crippen LogP contribution is -2.09. The number of anilines is 1. The molecule has 0 fully saturated rings. The van der Waals surface area contributed by atoms with E-state index in [9.17, 15) is 12.8 Å². The Kier molecular flexibility index (Phi) is 5.00. The molecule has 0 spiro atoms. The van der Waals surface area contributed by atoms with Crippen molar-refractivity contribution in [3.8, 4) is 33.8 Å². The van der Waals surface area contributed by atoms with Crippen LogP contribution in [-0.4, -0.2) is 44.8 Å². The number of pyridine rings is 2. The van der Waals surface area contributed by atoms with Crippen LogP contribution in [0.4, 0.5) is 10.1 Å². The molecule has 3 N–H and O–H groups in total. The van der Waals surface area contributed by atoms with Gasteiger partial charge in [0, 0.05) is 28.9 Å². The predicted molar refractivity (Wildman–Crippen MR) is 136 cm³/mol. The van der Waals surface area contributed by atoms with E-state index in [0.717, 1.165) is 28.3 Å². The van der Waals surface area contributed by atoms with E-state index in [-0.39, 0.29) is 5.82 Å². The van der Waals surface area contributed by atoms with Crippen molar-refractivity contribution < 1.29 is 12.8 Å². The number of nitrogens with zero attached hydrogens (tertiary/aromatic N) is 4. The van der Waals surface area contributed by atoms with Crippen LogP contribution in [0.3, 0.4) is 0 Å². The van der Waals surface area contributed by atoms with Gasteiger partial charge in [-0.1, -0.05) is 18.2 Å². The maximum Gasteiger partial charge on any atom is 0.229 e. The summed E-state index contributed by atoms with van der Waals surface area (Å²) in [6.45, 7) is 0. The van der Waals surface area contributed by atoms with Crippen molar-refractivity contribution in [3.63, 3.8) is 0 Å². The molecule has 0 unspecified atom stereocenters. The van der Waals surface area contributed by atoms with Crippen LogP contribution in [0.25, 0.3) is 55.7 Å². The van der Waals surface area contributed by atoms with Gasteiger partial charge >= 0.3 is 0 Å². The highest BCUT2D eigenvalue weighted by molar-refractivity contribution is 7.92. The van der Waals surface area contributed by atoms with Gasteiger partial charge in [-0.05, 0) is 41.5 Å². The number of aromatic nitrogens is 6. The Balaban J connectivity index is 1.45. The van der Waals surface area contributed by atoms with Gasteiger partial charge in [0.05, 0.1) is 40.9 Å². The van der Waals surface area contributed by atoms with Gasteiger partial charge < -0.3 is 4.98 Å². The van der Waals surface area contributed by atoms with Crippen LogP contribution in [-0.2, 0) is 10.0 Å². The number of nitrogens with one attached hydrogen (secondary N) is 3. The number of rotatable bonds is 5. The zero-order valence-electron chi connectivity index (χ0n) is 18.8. The third-order valence-corrected chi connectivity index (χ3v) is 6.30. The third-order valence-electron chi connectivity index (χ3n) is 5.69. The lowest BCUT2D eigenvalue weighted by molar-refractivity contribution is 0.606. The summed E-state index contributed by atoms with van der Waals surface area (Å²) in [6.07, 6.45) is 7.53. The van der Waals surface area contributed by atoms with Crippen molar-refractivity contribution in [2.24, 2.45) is 0 Å². The second kappa shape index (κ2) is 8.24. The first-order valence-corrected chi connectivity index (χ1v) is 12.7. The summed E-state index contributed by atoms with van der Waals surface area (Å²) in [5, 5.41) is 8.31. The number of halogens is 1. The summed E-state index contributed by atoms with van der Waals surface area (Å²) in [5.41, 5.74) is 6.07.